The second kappa shape index (κ2) is 7.99. The van der Waals surface area contributed by atoms with Gasteiger partial charge in [0.25, 0.3) is 0 Å². The van der Waals surface area contributed by atoms with Crippen LogP contribution in [0.15, 0.2) is 72.8 Å². The summed E-state index contributed by atoms with van der Waals surface area (Å²) in [5, 5.41) is 5.08. The molecule has 0 aromatic heterocycles. The van der Waals surface area contributed by atoms with Crippen LogP contribution in [0.1, 0.15) is 5.56 Å². The summed E-state index contributed by atoms with van der Waals surface area (Å²) in [6.07, 6.45) is 0. The summed E-state index contributed by atoms with van der Waals surface area (Å²) in [5.74, 6) is 1.30. The maximum absolute atomic E-state index is 12.3. The Labute approximate surface area is 146 Å². The van der Waals surface area contributed by atoms with E-state index in [1.807, 2.05) is 60.7 Å². The van der Waals surface area contributed by atoms with Gasteiger partial charge >= 0.3 is 0 Å². The molecule has 0 aliphatic rings. The molecule has 0 aliphatic carbocycles. The van der Waals surface area contributed by atoms with Crippen molar-refractivity contribution in [2.24, 2.45) is 5.73 Å². The molecule has 0 heterocycles. The van der Waals surface area contributed by atoms with Gasteiger partial charge in [0.2, 0.25) is 5.91 Å². The molecule has 122 valence electrons. The van der Waals surface area contributed by atoms with E-state index >= 15 is 0 Å². The highest BCUT2D eigenvalue weighted by molar-refractivity contribution is 7.98. The second-order valence-corrected chi connectivity index (χ2v) is 6.65. The van der Waals surface area contributed by atoms with E-state index in [-0.39, 0.29) is 5.91 Å². The minimum Gasteiger partial charge on any atom is -0.324 e. The van der Waals surface area contributed by atoms with Gasteiger partial charge in [-0.15, -0.1) is 0 Å². The van der Waals surface area contributed by atoms with Gasteiger partial charge in [-0.25, -0.2) is 0 Å². The molecule has 0 saturated heterocycles. The summed E-state index contributed by atoms with van der Waals surface area (Å²) < 4.78 is 0. The summed E-state index contributed by atoms with van der Waals surface area (Å²) in [7, 11) is 0. The number of benzene rings is 3. The summed E-state index contributed by atoms with van der Waals surface area (Å²) in [6, 6.07) is 23.5. The number of carbonyl (C=O) groups excluding carboxylic acids is 1. The number of carbonyl (C=O) groups is 1. The molecule has 1 atom stereocenters. The number of nitrogens with two attached hydrogens (primary N) is 1. The van der Waals surface area contributed by atoms with Gasteiger partial charge in [-0.05, 0) is 17.0 Å². The Morgan fingerprint density at radius 3 is 2.50 bits per heavy atom. The quantitative estimate of drug-likeness (QED) is 0.714. The Morgan fingerprint density at radius 2 is 1.67 bits per heavy atom. The number of anilines is 1. The summed E-state index contributed by atoms with van der Waals surface area (Å²) in [6.45, 7) is 0. The molecule has 0 spiro atoms. The average molecular weight is 336 g/mol. The topological polar surface area (TPSA) is 55.1 Å². The van der Waals surface area contributed by atoms with Crippen LogP contribution >= 0.6 is 11.8 Å². The number of hydrogen-bond acceptors (Lipinski definition) is 3. The normalized spacial score (nSPS) is 12.0. The first-order chi connectivity index (χ1) is 11.7. The molecular formula is C20H20N2OS. The third-order valence-electron chi connectivity index (χ3n) is 3.79. The zero-order valence-electron chi connectivity index (χ0n) is 13.3. The molecule has 3 aromatic rings. The monoisotopic (exact) mass is 336 g/mol. The van der Waals surface area contributed by atoms with Crippen molar-refractivity contribution in [3.8, 4) is 0 Å². The van der Waals surface area contributed by atoms with E-state index in [9.17, 15) is 4.79 Å². The van der Waals surface area contributed by atoms with E-state index in [2.05, 4.69) is 17.4 Å². The molecule has 0 bridgehead atoms. The zero-order chi connectivity index (χ0) is 16.8. The summed E-state index contributed by atoms with van der Waals surface area (Å²) in [5.41, 5.74) is 8.09. The number of fused-ring (bicyclic) bond motifs is 1. The lowest BCUT2D eigenvalue weighted by atomic mass is 10.1. The molecule has 3 aromatic carbocycles. The van der Waals surface area contributed by atoms with Crippen molar-refractivity contribution in [2.45, 2.75) is 11.8 Å². The van der Waals surface area contributed by atoms with Crippen LogP contribution in [-0.4, -0.2) is 17.7 Å². The maximum Gasteiger partial charge on any atom is 0.242 e. The van der Waals surface area contributed by atoms with Crippen molar-refractivity contribution < 1.29 is 4.79 Å². The van der Waals surface area contributed by atoms with Crippen molar-refractivity contribution in [3.05, 3.63) is 78.4 Å². The number of hydrogen-bond donors (Lipinski definition) is 2. The highest BCUT2D eigenvalue weighted by atomic mass is 32.2. The Morgan fingerprint density at radius 1 is 0.958 bits per heavy atom. The van der Waals surface area contributed by atoms with Crippen LogP contribution < -0.4 is 11.1 Å². The molecule has 0 saturated carbocycles. The van der Waals surface area contributed by atoms with Gasteiger partial charge in [-0.3, -0.25) is 4.79 Å². The van der Waals surface area contributed by atoms with Crippen LogP contribution in [0.25, 0.3) is 10.8 Å². The second-order valence-electron chi connectivity index (χ2n) is 5.62. The van der Waals surface area contributed by atoms with Crippen LogP contribution in [-0.2, 0) is 10.5 Å². The Hall–Kier alpha value is -2.30. The predicted molar refractivity (Wildman–Crippen MR) is 103 cm³/mol. The van der Waals surface area contributed by atoms with Crippen LogP contribution in [0.4, 0.5) is 5.69 Å². The first-order valence-corrected chi connectivity index (χ1v) is 9.05. The number of thioether (sulfide) groups is 1. The van der Waals surface area contributed by atoms with E-state index in [0.29, 0.717) is 5.75 Å². The molecule has 24 heavy (non-hydrogen) atoms. The Balaban J connectivity index is 1.57. The Bertz CT molecular complexity index is 815. The van der Waals surface area contributed by atoms with E-state index < -0.39 is 6.04 Å². The van der Waals surface area contributed by atoms with Crippen molar-refractivity contribution in [1.82, 2.24) is 0 Å². The molecule has 3 nitrogen and oxygen atoms in total. The van der Waals surface area contributed by atoms with Crippen LogP contribution in [0.2, 0.25) is 0 Å². The SMILES string of the molecule is N[C@@H](CSCc1ccccc1)C(=O)Nc1cccc2ccccc12. The molecule has 0 aliphatic heterocycles. The average Bonchev–Trinajstić information content (AvgIpc) is 2.63. The molecule has 3 rings (SSSR count). The van der Waals surface area contributed by atoms with E-state index in [4.69, 9.17) is 5.73 Å². The largest absolute Gasteiger partial charge is 0.324 e. The van der Waals surface area contributed by atoms with E-state index in [0.717, 1.165) is 22.2 Å². The van der Waals surface area contributed by atoms with Gasteiger partial charge in [0, 0.05) is 22.6 Å². The van der Waals surface area contributed by atoms with Crippen LogP contribution in [0, 0.1) is 0 Å². The molecular weight excluding hydrogens is 316 g/mol. The highest BCUT2D eigenvalue weighted by Crippen LogP contribution is 2.23. The van der Waals surface area contributed by atoms with Gasteiger partial charge in [0.1, 0.15) is 0 Å². The smallest absolute Gasteiger partial charge is 0.242 e. The molecule has 0 radical (unpaired) electrons. The van der Waals surface area contributed by atoms with Gasteiger partial charge in [-0.1, -0.05) is 66.7 Å². The lowest BCUT2D eigenvalue weighted by Gasteiger charge is -2.13. The van der Waals surface area contributed by atoms with Crippen molar-refractivity contribution in [1.29, 1.82) is 0 Å². The Kier molecular flexibility index (Phi) is 5.51. The lowest BCUT2D eigenvalue weighted by Crippen LogP contribution is -2.37. The fourth-order valence-electron chi connectivity index (χ4n) is 2.51. The first kappa shape index (κ1) is 16.6. The maximum atomic E-state index is 12.3. The van der Waals surface area contributed by atoms with Crippen molar-refractivity contribution in [2.75, 3.05) is 11.1 Å². The van der Waals surface area contributed by atoms with Crippen LogP contribution in [0.3, 0.4) is 0 Å². The third-order valence-corrected chi connectivity index (χ3v) is 4.93. The minimum absolute atomic E-state index is 0.146. The predicted octanol–water partition coefficient (Wildman–Crippen LogP) is 4.04. The van der Waals surface area contributed by atoms with Crippen molar-refractivity contribution >= 4 is 34.1 Å². The lowest BCUT2D eigenvalue weighted by molar-refractivity contribution is -0.116. The zero-order valence-corrected chi connectivity index (χ0v) is 14.1. The number of amides is 1. The van der Waals surface area contributed by atoms with Crippen molar-refractivity contribution in [3.63, 3.8) is 0 Å². The molecule has 3 N–H and O–H groups in total. The highest BCUT2D eigenvalue weighted by Gasteiger charge is 2.14. The van der Waals surface area contributed by atoms with E-state index in [1.165, 1.54) is 5.56 Å². The molecule has 0 fully saturated rings. The minimum atomic E-state index is -0.530. The fraction of sp³-hybridized carbons (Fsp3) is 0.150. The van der Waals surface area contributed by atoms with Gasteiger partial charge in [0.05, 0.1) is 6.04 Å². The van der Waals surface area contributed by atoms with E-state index in [1.54, 1.807) is 11.8 Å². The number of rotatable bonds is 6. The van der Waals surface area contributed by atoms with Gasteiger partial charge < -0.3 is 11.1 Å². The summed E-state index contributed by atoms with van der Waals surface area (Å²) >= 11 is 1.67. The first-order valence-electron chi connectivity index (χ1n) is 7.90. The third kappa shape index (κ3) is 4.16. The van der Waals surface area contributed by atoms with Crippen LogP contribution in [0.5, 0.6) is 0 Å². The molecule has 0 unspecified atom stereocenters. The number of nitrogens with one attached hydrogen (secondary N) is 1. The molecule has 4 heteroatoms. The fourth-order valence-corrected chi connectivity index (χ4v) is 3.46. The van der Waals surface area contributed by atoms with Gasteiger partial charge in [-0.2, -0.15) is 11.8 Å². The van der Waals surface area contributed by atoms with Gasteiger partial charge in [0.15, 0.2) is 0 Å². The standard InChI is InChI=1S/C20H20N2OS/c21-18(14-24-13-15-7-2-1-3-8-15)20(23)22-19-12-6-10-16-9-4-5-11-17(16)19/h1-12,18H,13-14,21H2,(H,22,23)/t18-/m0/s1. The molecule has 1 amide bonds. The summed E-state index contributed by atoms with van der Waals surface area (Å²) in [4.78, 5) is 12.3.